The summed E-state index contributed by atoms with van der Waals surface area (Å²) in [5.41, 5.74) is 5.26. The quantitative estimate of drug-likeness (QED) is 0.422. The van der Waals surface area contributed by atoms with E-state index in [9.17, 15) is 9.90 Å². The molecule has 0 radical (unpaired) electrons. The molecule has 4 heterocycles. The van der Waals surface area contributed by atoms with E-state index < -0.39 is 6.10 Å². The first-order valence-corrected chi connectivity index (χ1v) is 11.3. The van der Waals surface area contributed by atoms with Crippen LogP contribution in [0.1, 0.15) is 10.4 Å². The van der Waals surface area contributed by atoms with Crippen LogP contribution in [0.15, 0.2) is 54.6 Å². The number of nitrogens with one attached hydrogen (secondary N) is 1. The van der Waals surface area contributed by atoms with Gasteiger partial charge < -0.3 is 24.3 Å². The number of carbonyl (C=O) groups excluding carboxylic acids is 1. The molecule has 1 unspecified atom stereocenters. The highest BCUT2D eigenvalue weighted by Crippen LogP contribution is 2.33. The van der Waals surface area contributed by atoms with Gasteiger partial charge in [-0.05, 0) is 17.2 Å². The summed E-state index contributed by atoms with van der Waals surface area (Å²) in [6.07, 6.45) is -0.888. The summed E-state index contributed by atoms with van der Waals surface area (Å²) >= 11 is 6.54. The van der Waals surface area contributed by atoms with Gasteiger partial charge >= 0.3 is 0 Å². The first kappa shape index (κ1) is 21.2. The Morgan fingerprint density at radius 2 is 1.65 bits per heavy atom. The van der Waals surface area contributed by atoms with Gasteiger partial charge in [0.2, 0.25) is 0 Å². The lowest BCUT2D eigenvalue weighted by molar-refractivity contribution is 0.00706. The van der Waals surface area contributed by atoms with Gasteiger partial charge in [0.15, 0.2) is 11.8 Å². The van der Waals surface area contributed by atoms with E-state index in [1.165, 1.54) is 0 Å². The largest absolute Gasteiger partial charge is 0.456 e. The Morgan fingerprint density at radius 1 is 0.971 bits per heavy atom. The number of aliphatic hydroxyl groups is 1. The van der Waals surface area contributed by atoms with Gasteiger partial charge in [-0.3, -0.25) is 4.79 Å². The Kier molecular flexibility index (Phi) is 5.30. The van der Waals surface area contributed by atoms with Crippen molar-refractivity contribution in [2.75, 3.05) is 13.2 Å². The van der Waals surface area contributed by atoms with Crippen LogP contribution in [-0.2, 0) is 9.47 Å². The van der Waals surface area contributed by atoms with Crippen LogP contribution < -0.4 is 4.74 Å². The number of halogens is 1. The minimum atomic E-state index is -0.639. The molecule has 34 heavy (non-hydrogen) atoms. The number of pyridine rings is 1. The van der Waals surface area contributed by atoms with Crippen molar-refractivity contribution in [3.05, 3.63) is 65.2 Å². The van der Waals surface area contributed by atoms with Crippen molar-refractivity contribution >= 4 is 29.1 Å². The lowest BCUT2D eigenvalue weighted by atomic mass is 10.0. The zero-order chi connectivity index (χ0) is 23.2. The topological polar surface area (TPSA) is 107 Å². The lowest BCUT2D eigenvalue weighted by Gasteiger charge is -2.15. The summed E-state index contributed by atoms with van der Waals surface area (Å²) in [7, 11) is 0. The van der Waals surface area contributed by atoms with Crippen molar-refractivity contribution in [2.24, 2.45) is 0 Å². The molecule has 2 aromatic heterocycles. The fourth-order valence-corrected chi connectivity index (χ4v) is 4.68. The third-order valence-electron chi connectivity index (χ3n) is 6.19. The maximum atomic E-state index is 10.9. The summed E-state index contributed by atoms with van der Waals surface area (Å²) in [6.45, 7) is 0.547. The molecular formula is C25H20ClN3O5. The minimum absolute atomic E-state index is 0.235. The Hall–Kier alpha value is -3.30. The molecule has 0 spiro atoms. The van der Waals surface area contributed by atoms with E-state index in [1.807, 2.05) is 36.4 Å². The zero-order valence-corrected chi connectivity index (χ0v) is 18.6. The molecule has 6 rings (SSSR count). The van der Waals surface area contributed by atoms with E-state index in [0.29, 0.717) is 40.1 Å². The van der Waals surface area contributed by atoms with Crippen molar-refractivity contribution in [2.45, 2.75) is 24.4 Å². The van der Waals surface area contributed by atoms with E-state index >= 15 is 0 Å². The molecule has 0 aliphatic carbocycles. The molecule has 0 bridgehead atoms. The van der Waals surface area contributed by atoms with Crippen molar-refractivity contribution in [1.29, 1.82) is 0 Å². The van der Waals surface area contributed by atoms with Crippen molar-refractivity contribution in [3.63, 3.8) is 0 Å². The van der Waals surface area contributed by atoms with Gasteiger partial charge in [0.05, 0.1) is 29.4 Å². The average Bonchev–Trinajstić information content (AvgIpc) is 3.55. The lowest BCUT2D eigenvalue weighted by Crippen LogP contribution is -2.34. The van der Waals surface area contributed by atoms with E-state index in [1.54, 1.807) is 18.2 Å². The summed E-state index contributed by atoms with van der Waals surface area (Å²) in [6, 6.07) is 17.3. The number of aromatic nitrogens is 3. The van der Waals surface area contributed by atoms with Gasteiger partial charge in [0.25, 0.3) is 6.01 Å². The van der Waals surface area contributed by atoms with Gasteiger partial charge in [0, 0.05) is 11.1 Å². The van der Waals surface area contributed by atoms with Crippen molar-refractivity contribution in [1.82, 2.24) is 15.0 Å². The molecule has 0 saturated carbocycles. The molecule has 2 aliphatic rings. The number of ether oxygens (including phenoxy) is 3. The van der Waals surface area contributed by atoms with E-state index in [4.69, 9.17) is 25.8 Å². The number of aldehydes is 1. The monoisotopic (exact) mass is 477 g/mol. The van der Waals surface area contributed by atoms with Crippen LogP contribution >= 0.6 is 11.6 Å². The Morgan fingerprint density at radius 3 is 2.38 bits per heavy atom. The first-order valence-electron chi connectivity index (χ1n) is 10.9. The number of hydrogen-bond donors (Lipinski definition) is 2. The SMILES string of the molecule is O=Cc1ccc(-c2ccc(-c3nc4nc(O[C@@H]5COC6[C@H](O)CO[C@@H]65)[nH]c4cc3Cl)cc2)cc1. The number of aromatic amines is 1. The number of rotatable bonds is 5. The molecule has 2 saturated heterocycles. The van der Waals surface area contributed by atoms with Crippen molar-refractivity contribution in [3.8, 4) is 28.4 Å². The van der Waals surface area contributed by atoms with Crippen LogP contribution in [-0.4, -0.2) is 64.0 Å². The van der Waals surface area contributed by atoms with Gasteiger partial charge in [0.1, 0.15) is 24.6 Å². The van der Waals surface area contributed by atoms with Gasteiger partial charge in [-0.1, -0.05) is 60.1 Å². The van der Waals surface area contributed by atoms with E-state index in [-0.39, 0.29) is 24.9 Å². The highest BCUT2D eigenvalue weighted by Gasteiger charge is 2.48. The van der Waals surface area contributed by atoms with E-state index in [2.05, 4.69) is 15.0 Å². The molecule has 2 N–H and O–H groups in total. The summed E-state index contributed by atoms with van der Waals surface area (Å²) in [4.78, 5) is 23.1. The number of imidazole rings is 1. The van der Waals surface area contributed by atoms with E-state index in [0.717, 1.165) is 23.0 Å². The Labute approximate surface area is 199 Å². The smallest absolute Gasteiger partial charge is 0.296 e. The summed E-state index contributed by atoms with van der Waals surface area (Å²) in [5, 5.41) is 10.4. The second-order valence-corrected chi connectivity index (χ2v) is 8.78. The average molecular weight is 478 g/mol. The zero-order valence-electron chi connectivity index (χ0n) is 17.8. The summed E-state index contributed by atoms with van der Waals surface area (Å²) in [5.74, 6) is 0. The van der Waals surface area contributed by atoms with Crippen LogP contribution in [0.5, 0.6) is 6.01 Å². The molecule has 2 aromatic carbocycles. The second kappa shape index (κ2) is 8.48. The number of benzene rings is 2. The molecule has 0 amide bonds. The molecular weight excluding hydrogens is 458 g/mol. The maximum absolute atomic E-state index is 10.9. The van der Waals surface area contributed by atoms with Gasteiger partial charge in [-0.15, -0.1) is 0 Å². The molecule has 9 heteroatoms. The number of nitrogens with zero attached hydrogens (tertiary/aromatic N) is 2. The fraction of sp³-hybridized carbons (Fsp3) is 0.240. The molecule has 8 nitrogen and oxygen atoms in total. The van der Waals surface area contributed by atoms with Crippen LogP contribution in [0.25, 0.3) is 33.5 Å². The minimum Gasteiger partial charge on any atom is -0.456 e. The fourth-order valence-electron chi connectivity index (χ4n) is 4.42. The Balaban J connectivity index is 1.24. The van der Waals surface area contributed by atoms with Gasteiger partial charge in [-0.2, -0.15) is 4.98 Å². The number of fused-ring (bicyclic) bond motifs is 2. The van der Waals surface area contributed by atoms with Crippen LogP contribution in [0.2, 0.25) is 5.02 Å². The van der Waals surface area contributed by atoms with Crippen LogP contribution in [0.3, 0.4) is 0 Å². The third-order valence-corrected chi connectivity index (χ3v) is 6.48. The number of aliphatic hydroxyl groups excluding tert-OH is 1. The normalized spacial score (nSPS) is 23.8. The molecule has 4 aromatic rings. The van der Waals surface area contributed by atoms with Crippen LogP contribution in [0, 0.1) is 0 Å². The number of hydrogen-bond acceptors (Lipinski definition) is 7. The highest BCUT2D eigenvalue weighted by molar-refractivity contribution is 6.33. The maximum Gasteiger partial charge on any atom is 0.296 e. The molecule has 2 fully saturated rings. The van der Waals surface area contributed by atoms with Crippen molar-refractivity contribution < 1.29 is 24.1 Å². The summed E-state index contributed by atoms with van der Waals surface area (Å²) < 4.78 is 17.2. The number of carbonyl (C=O) groups is 1. The molecule has 4 atom stereocenters. The predicted molar refractivity (Wildman–Crippen MR) is 125 cm³/mol. The number of H-pyrrole nitrogens is 1. The predicted octanol–water partition coefficient (Wildman–Crippen LogP) is 3.66. The highest BCUT2D eigenvalue weighted by atomic mass is 35.5. The third kappa shape index (κ3) is 3.74. The Bertz CT molecular complexity index is 1360. The van der Waals surface area contributed by atoms with Crippen LogP contribution in [0.4, 0.5) is 0 Å². The molecule has 2 aliphatic heterocycles. The second-order valence-electron chi connectivity index (χ2n) is 8.37. The molecule has 172 valence electrons. The standard InChI is InChI=1S/C25H20ClN3O5/c26-17-9-18-24(29-25(27-18)34-20-12-33-22-19(31)11-32-23(20)22)28-21(17)16-7-5-15(6-8-16)14-3-1-13(10-30)2-4-14/h1-10,19-20,22-23,31H,11-12H2,(H,27,28,29)/t19-,20-,22?,23-/m1/s1. The van der Waals surface area contributed by atoms with Gasteiger partial charge in [-0.25, -0.2) is 4.98 Å². The first-order chi connectivity index (χ1) is 16.6.